The van der Waals surface area contributed by atoms with Crippen molar-refractivity contribution < 1.29 is 9.53 Å². The van der Waals surface area contributed by atoms with Gasteiger partial charge in [0.15, 0.2) is 0 Å². The molecule has 1 amide bonds. The molecule has 0 spiro atoms. The van der Waals surface area contributed by atoms with Crippen LogP contribution in [0.15, 0.2) is 24.3 Å². The van der Waals surface area contributed by atoms with Crippen LogP contribution in [0.25, 0.3) is 0 Å². The van der Waals surface area contributed by atoms with Crippen molar-refractivity contribution in [3.05, 3.63) is 35.4 Å². The van der Waals surface area contributed by atoms with Crippen molar-refractivity contribution in [2.75, 3.05) is 7.11 Å². The van der Waals surface area contributed by atoms with Gasteiger partial charge in [0.25, 0.3) is 0 Å². The van der Waals surface area contributed by atoms with Crippen LogP contribution in [0.1, 0.15) is 31.4 Å². The maximum absolute atomic E-state index is 11.7. The van der Waals surface area contributed by atoms with E-state index in [-0.39, 0.29) is 11.8 Å². The highest BCUT2D eigenvalue weighted by molar-refractivity contribution is 5.78. The van der Waals surface area contributed by atoms with Crippen molar-refractivity contribution in [1.29, 1.82) is 0 Å². The Bertz CT molecular complexity index is 363. The monoisotopic (exact) mass is 235 g/mol. The first-order valence-electron chi connectivity index (χ1n) is 6.02. The third-order valence-corrected chi connectivity index (χ3v) is 2.93. The molecule has 1 atom stereocenters. The molecule has 0 heterocycles. The summed E-state index contributed by atoms with van der Waals surface area (Å²) in [6.45, 7) is 5.11. The van der Waals surface area contributed by atoms with Crippen LogP contribution in [0, 0.1) is 5.92 Å². The third-order valence-electron chi connectivity index (χ3n) is 2.93. The second-order valence-corrected chi connectivity index (χ2v) is 4.23. The van der Waals surface area contributed by atoms with Crippen molar-refractivity contribution in [2.24, 2.45) is 5.92 Å². The van der Waals surface area contributed by atoms with Crippen LogP contribution in [-0.2, 0) is 22.7 Å². The second kappa shape index (κ2) is 7.07. The van der Waals surface area contributed by atoms with Crippen LogP contribution in [-0.4, -0.2) is 13.0 Å². The topological polar surface area (TPSA) is 38.3 Å². The van der Waals surface area contributed by atoms with Gasteiger partial charge in [-0.3, -0.25) is 4.79 Å². The van der Waals surface area contributed by atoms with Gasteiger partial charge in [0.2, 0.25) is 5.91 Å². The van der Waals surface area contributed by atoms with Crippen LogP contribution >= 0.6 is 0 Å². The first-order valence-corrected chi connectivity index (χ1v) is 6.02. The predicted molar refractivity (Wildman–Crippen MR) is 68.5 cm³/mol. The normalized spacial score (nSPS) is 12.2. The molecule has 1 rings (SSSR count). The first kappa shape index (κ1) is 13.7. The number of benzene rings is 1. The molecule has 0 unspecified atom stereocenters. The van der Waals surface area contributed by atoms with Crippen LogP contribution < -0.4 is 5.32 Å². The van der Waals surface area contributed by atoms with E-state index in [9.17, 15) is 4.79 Å². The highest BCUT2D eigenvalue weighted by atomic mass is 16.5. The molecular weight excluding hydrogens is 214 g/mol. The summed E-state index contributed by atoms with van der Waals surface area (Å²) in [5.41, 5.74) is 2.24. The number of hydrogen-bond donors (Lipinski definition) is 1. The van der Waals surface area contributed by atoms with Crippen LogP contribution in [0.3, 0.4) is 0 Å². The van der Waals surface area contributed by atoms with Crippen molar-refractivity contribution in [3.8, 4) is 0 Å². The summed E-state index contributed by atoms with van der Waals surface area (Å²) < 4.78 is 5.13. The molecule has 0 aromatic heterocycles. The van der Waals surface area contributed by atoms with E-state index >= 15 is 0 Å². The number of amides is 1. The fraction of sp³-hybridized carbons (Fsp3) is 0.500. The molecule has 3 heteroatoms. The molecule has 0 saturated heterocycles. The van der Waals surface area contributed by atoms with Gasteiger partial charge >= 0.3 is 0 Å². The van der Waals surface area contributed by atoms with Gasteiger partial charge in [-0.2, -0.15) is 0 Å². The summed E-state index contributed by atoms with van der Waals surface area (Å²) in [5.74, 6) is 0.185. The Morgan fingerprint density at radius 2 is 2.00 bits per heavy atom. The van der Waals surface area contributed by atoms with Gasteiger partial charge in [0.05, 0.1) is 6.61 Å². The highest BCUT2D eigenvalue weighted by Gasteiger charge is 2.10. The lowest BCUT2D eigenvalue weighted by Gasteiger charge is -2.12. The fourth-order valence-corrected chi connectivity index (χ4v) is 1.57. The zero-order valence-electron chi connectivity index (χ0n) is 10.8. The molecule has 0 aliphatic heterocycles. The Balaban J connectivity index is 2.59. The number of carbonyl (C=O) groups excluding carboxylic acids is 1. The van der Waals surface area contributed by atoms with Gasteiger partial charge in [-0.1, -0.05) is 38.1 Å². The van der Waals surface area contributed by atoms with Gasteiger partial charge in [-0.15, -0.1) is 0 Å². The molecule has 0 fully saturated rings. The lowest BCUT2D eigenvalue weighted by molar-refractivity contribution is -0.124. The summed E-state index contributed by atoms with van der Waals surface area (Å²) in [6, 6.07) is 8.00. The van der Waals surface area contributed by atoms with E-state index in [1.165, 1.54) is 0 Å². The van der Waals surface area contributed by atoms with Crippen LogP contribution in [0.4, 0.5) is 0 Å². The minimum atomic E-state index is 0.0737. The van der Waals surface area contributed by atoms with Crippen molar-refractivity contribution >= 4 is 5.91 Å². The Morgan fingerprint density at radius 3 is 2.59 bits per heavy atom. The van der Waals surface area contributed by atoms with E-state index < -0.39 is 0 Å². The Kier molecular flexibility index (Phi) is 5.70. The summed E-state index contributed by atoms with van der Waals surface area (Å²) in [7, 11) is 1.68. The molecule has 0 saturated carbocycles. The number of hydrogen-bond acceptors (Lipinski definition) is 2. The van der Waals surface area contributed by atoms with Gasteiger partial charge in [0.1, 0.15) is 0 Å². The molecule has 1 aromatic rings. The fourth-order valence-electron chi connectivity index (χ4n) is 1.57. The Morgan fingerprint density at radius 1 is 1.35 bits per heavy atom. The average Bonchev–Trinajstić information content (AvgIpc) is 2.36. The molecule has 17 heavy (non-hydrogen) atoms. The van der Waals surface area contributed by atoms with Crippen molar-refractivity contribution in [2.45, 2.75) is 33.4 Å². The van der Waals surface area contributed by atoms with E-state index in [0.29, 0.717) is 13.2 Å². The molecular formula is C14H21NO2. The van der Waals surface area contributed by atoms with Gasteiger partial charge in [0, 0.05) is 19.6 Å². The zero-order valence-corrected chi connectivity index (χ0v) is 10.8. The summed E-state index contributed by atoms with van der Waals surface area (Å²) in [4.78, 5) is 11.7. The van der Waals surface area contributed by atoms with Gasteiger partial charge in [-0.25, -0.2) is 0 Å². The third kappa shape index (κ3) is 4.19. The lowest BCUT2D eigenvalue weighted by Crippen LogP contribution is -2.28. The lowest BCUT2D eigenvalue weighted by atomic mass is 10.1. The van der Waals surface area contributed by atoms with Crippen molar-refractivity contribution in [3.63, 3.8) is 0 Å². The number of nitrogens with one attached hydrogen (secondary N) is 1. The average molecular weight is 235 g/mol. The van der Waals surface area contributed by atoms with Gasteiger partial charge < -0.3 is 10.1 Å². The quantitative estimate of drug-likeness (QED) is 0.822. The largest absolute Gasteiger partial charge is 0.380 e. The maximum Gasteiger partial charge on any atom is 0.223 e. The summed E-state index contributed by atoms with van der Waals surface area (Å²) in [6.07, 6.45) is 0.867. The Labute approximate surface area is 103 Å². The number of carbonyl (C=O) groups is 1. The van der Waals surface area contributed by atoms with E-state index in [1.807, 2.05) is 38.1 Å². The number of ether oxygens (including phenoxy) is 1. The number of rotatable bonds is 6. The van der Waals surface area contributed by atoms with E-state index in [0.717, 1.165) is 17.5 Å². The standard InChI is InChI=1S/C14H21NO2/c1-4-11(2)14(16)15-9-12-7-5-6-8-13(12)10-17-3/h5-8,11H,4,9-10H2,1-3H3,(H,15,16)/t11-/m0/s1. The SMILES string of the molecule is CC[C@H](C)C(=O)NCc1ccccc1COC. The minimum Gasteiger partial charge on any atom is -0.380 e. The van der Waals surface area contributed by atoms with Crippen LogP contribution in [0.2, 0.25) is 0 Å². The van der Waals surface area contributed by atoms with Gasteiger partial charge in [-0.05, 0) is 17.5 Å². The summed E-state index contributed by atoms with van der Waals surface area (Å²) >= 11 is 0. The van der Waals surface area contributed by atoms with Crippen LogP contribution in [0.5, 0.6) is 0 Å². The second-order valence-electron chi connectivity index (χ2n) is 4.23. The molecule has 0 aliphatic rings. The minimum absolute atomic E-state index is 0.0737. The first-order chi connectivity index (χ1) is 8.19. The van der Waals surface area contributed by atoms with E-state index in [1.54, 1.807) is 7.11 Å². The molecule has 0 aliphatic carbocycles. The predicted octanol–water partition coefficient (Wildman–Crippen LogP) is 2.50. The van der Waals surface area contributed by atoms with Crippen molar-refractivity contribution in [1.82, 2.24) is 5.32 Å². The maximum atomic E-state index is 11.7. The molecule has 94 valence electrons. The molecule has 0 radical (unpaired) electrons. The molecule has 1 N–H and O–H groups in total. The zero-order chi connectivity index (χ0) is 12.7. The van der Waals surface area contributed by atoms with E-state index in [2.05, 4.69) is 5.32 Å². The molecule has 3 nitrogen and oxygen atoms in total. The smallest absolute Gasteiger partial charge is 0.223 e. The highest BCUT2D eigenvalue weighted by Crippen LogP contribution is 2.10. The van der Waals surface area contributed by atoms with E-state index in [4.69, 9.17) is 4.74 Å². The molecule has 0 bridgehead atoms. The number of methoxy groups -OCH3 is 1. The molecule has 1 aromatic carbocycles. The summed E-state index contributed by atoms with van der Waals surface area (Å²) in [5, 5.41) is 2.95. The Hall–Kier alpha value is -1.35.